The van der Waals surface area contributed by atoms with Crippen LogP contribution in [0.5, 0.6) is 0 Å². The van der Waals surface area contributed by atoms with Crippen molar-refractivity contribution < 1.29 is 9.53 Å². The molecule has 0 aromatic rings. The van der Waals surface area contributed by atoms with Crippen molar-refractivity contribution in [3.63, 3.8) is 0 Å². The minimum absolute atomic E-state index is 0.266. The summed E-state index contributed by atoms with van der Waals surface area (Å²) in [5, 5.41) is 3.19. The van der Waals surface area contributed by atoms with Gasteiger partial charge >= 0.3 is 5.97 Å². The number of rotatable bonds is 17. The molecule has 1 atom stereocenters. The number of carbonyl (C=O) groups is 1. The fraction of sp³-hybridized carbons (Fsp3) is 0.909. The van der Waals surface area contributed by atoms with Crippen molar-refractivity contribution in [1.29, 1.82) is 0 Å². The highest BCUT2D eigenvalue weighted by Crippen LogP contribution is 2.22. The van der Waals surface area contributed by atoms with Gasteiger partial charge in [-0.15, -0.1) is 0 Å². The van der Waals surface area contributed by atoms with Crippen LogP contribution < -0.4 is 5.32 Å². The number of ether oxygens (including phenoxy) is 1. The van der Waals surface area contributed by atoms with Crippen LogP contribution in [-0.4, -0.2) is 24.6 Å². The highest BCUT2D eigenvalue weighted by molar-refractivity contribution is 5.68. The maximum Gasteiger partial charge on any atom is 0.305 e. The van der Waals surface area contributed by atoms with Crippen LogP contribution in [-0.2, 0) is 9.53 Å². The van der Waals surface area contributed by atoms with Crippen molar-refractivity contribution in [1.82, 2.24) is 5.32 Å². The predicted molar refractivity (Wildman–Crippen MR) is 111 cm³/mol. The molecule has 0 amide bonds. The Balaban J connectivity index is 1.85. The average Bonchev–Trinajstić information content (AvgIpc) is 3.06. The van der Waals surface area contributed by atoms with E-state index >= 15 is 0 Å². The molecule has 1 rings (SSSR count). The molecule has 152 valence electrons. The molecule has 0 aromatic heterocycles. The molecule has 4 heteroatoms. The summed E-state index contributed by atoms with van der Waals surface area (Å²) in [5.74, 6) is -1.04. The first-order valence-corrected chi connectivity index (χ1v) is 11.2. The summed E-state index contributed by atoms with van der Waals surface area (Å²) in [4.78, 5) is 15.6. The summed E-state index contributed by atoms with van der Waals surface area (Å²) in [6.07, 6.45) is 22.9. The largest absolute Gasteiger partial charge is 0.423 e. The molecule has 1 N–H and O–H groups in total. The van der Waals surface area contributed by atoms with Gasteiger partial charge in [0, 0.05) is 26.1 Å². The van der Waals surface area contributed by atoms with E-state index in [4.69, 9.17) is 4.74 Å². The third-order valence-electron chi connectivity index (χ3n) is 5.20. The number of aliphatic imine (C=N–C) groups is 1. The number of hydrogen-bond acceptors (Lipinski definition) is 4. The van der Waals surface area contributed by atoms with Crippen LogP contribution >= 0.6 is 0 Å². The van der Waals surface area contributed by atoms with Crippen LogP contribution in [0.4, 0.5) is 0 Å². The molecule has 26 heavy (non-hydrogen) atoms. The zero-order valence-electron chi connectivity index (χ0n) is 17.4. The third-order valence-corrected chi connectivity index (χ3v) is 5.20. The summed E-state index contributed by atoms with van der Waals surface area (Å²) in [7, 11) is 0. The van der Waals surface area contributed by atoms with Crippen molar-refractivity contribution in [2.24, 2.45) is 4.99 Å². The lowest BCUT2D eigenvalue weighted by Crippen LogP contribution is -2.43. The van der Waals surface area contributed by atoms with Crippen molar-refractivity contribution in [3.05, 3.63) is 0 Å². The molecule has 1 heterocycles. The highest BCUT2D eigenvalue weighted by Gasteiger charge is 2.33. The fourth-order valence-corrected chi connectivity index (χ4v) is 3.68. The topological polar surface area (TPSA) is 50.7 Å². The van der Waals surface area contributed by atoms with Crippen molar-refractivity contribution in [3.8, 4) is 0 Å². The Hall–Kier alpha value is -0.900. The fourth-order valence-electron chi connectivity index (χ4n) is 3.68. The monoisotopic (exact) mass is 366 g/mol. The van der Waals surface area contributed by atoms with Gasteiger partial charge < -0.3 is 4.74 Å². The minimum atomic E-state index is -0.775. The first-order chi connectivity index (χ1) is 12.7. The van der Waals surface area contributed by atoms with Crippen LogP contribution in [0.2, 0.25) is 0 Å². The summed E-state index contributed by atoms with van der Waals surface area (Å²) in [5.41, 5.74) is 0. The van der Waals surface area contributed by atoms with Gasteiger partial charge in [0.25, 0.3) is 5.85 Å². The summed E-state index contributed by atoms with van der Waals surface area (Å²) in [6.45, 7) is 4.41. The number of carbonyl (C=O) groups excluding carboxylic acids is 1. The van der Waals surface area contributed by atoms with E-state index < -0.39 is 5.85 Å². The molecule has 0 radical (unpaired) electrons. The van der Waals surface area contributed by atoms with E-state index in [1.54, 1.807) is 6.21 Å². The Labute approximate surface area is 161 Å². The standard InChI is InChI=1S/C22H42N2O2/c1-3-4-5-6-7-8-9-10-11-12-13-14-15-16-17-18-22(26-21(2)25)23-19-20-24-22/h19,24H,3-18,20H2,1-2H3. The van der Waals surface area contributed by atoms with Gasteiger partial charge in [-0.05, 0) is 6.42 Å². The maximum absolute atomic E-state index is 11.2. The molecule has 4 nitrogen and oxygen atoms in total. The molecule has 0 saturated carbocycles. The van der Waals surface area contributed by atoms with Crippen molar-refractivity contribution in [2.45, 2.75) is 122 Å². The normalized spacial score (nSPS) is 19.2. The molecule has 1 aliphatic rings. The lowest BCUT2D eigenvalue weighted by atomic mass is 10.0. The number of nitrogens with zero attached hydrogens (tertiary/aromatic N) is 1. The van der Waals surface area contributed by atoms with Gasteiger partial charge in [-0.25, -0.2) is 4.99 Å². The van der Waals surface area contributed by atoms with E-state index in [9.17, 15) is 4.79 Å². The Morgan fingerprint density at radius 3 is 1.73 bits per heavy atom. The highest BCUT2D eigenvalue weighted by atomic mass is 16.6. The van der Waals surface area contributed by atoms with E-state index in [1.165, 1.54) is 96.8 Å². The smallest absolute Gasteiger partial charge is 0.305 e. The van der Waals surface area contributed by atoms with Gasteiger partial charge in [0.1, 0.15) is 0 Å². The van der Waals surface area contributed by atoms with Crippen LogP contribution in [0.15, 0.2) is 4.99 Å². The third kappa shape index (κ3) is 11.7. The van der Waals surface area contributed by atoms with Gasteiger partial charge in [0.05, 0.1) is 0 Å². The van der Waals surface area contributed by atoms with Crippen LogP contribution in [0, 0.1) is 0 Å². The van der Waals surface area contributed by atoms with Gasteiger partial charge in [-0.3, -0.25) is 10.1 Å². The molecular weight excluding hydrogens is 324 g/mol. The van der Waals surface area contributed by atoms with Crippen molar-refractivity contribution >= 4 is 12.2 Å². The second kappa shape index (κ2) is 15.2. The maximum atomic E-state index is 11.2. The van der Waals surface area contributed by atoms with Crippen LogP contribution in [0.3, 0.4) is 0 Å². The Kier molecular flexibility index (Phi) is 13.5. The second-order valence-electron chi connectivity index (χ2n) is 7.77. The molecule has 0 spiro atoms. The van der Waals surface area contributed by atoms with E-state index in [1.807, 2.05) is 0 Å². The number of unbranched alkanes of at least 4 members (excludes halogenated alkanes) is 14. The predicted octanol–water partition coefficient (Wildman–Crippen LogP) is 6.14. The Morgan fingerprint density at radius 2 is 1.35 bits per heavy atom. The van der Waals surface area contributed by atoms with Crippen LogP contribution in [0.25, 0.3) is 0 Å². The summed E-state index contributed by atoms with van der Waals surface area (Å²) >= 11 is 0. The lowest BCUT2D eigenvalue weighted by molar-refractivity contribution is -0.159. The van der Waals surface area contributed by atoms with Crippen LogP contribution in [0.1, 0.15) is 117 Å². The molecule has 0 aliphatic carbocycles. The van der Waals surface area contributed by atoms with Gasteiger partial charge in [0.15, 0.2) is 0 Å². The minimum Gasteiger partial charge on any atom is -0.423 e. The van der Waals surface area contributed by atoms with E-state index in [0.717, 1.165) is 12.8 Å². The SMILES string of the molecule is CCCCCCCCCCCCCCCCCC1(OC(C)=O)N=CCN1. The number of esters is 1. The first kappa shape index (κ1) is 23.1. The molecule has 0 saturated heterocycles. The number of hydrogen-bond donors (Lipinski definition) is 1. The van der Waals surface area contributed by atoms with Gasteiger partial charge in [0.2, 0.25) is 0 Å². The Bertz CT molecular complexity index is 384. The molecule has 1 aliphatic heterocycles. The first-order valence-electron chi connectivity index (χ1n) is 11.2. The van der Waals surface area contributed by atoms with E-state index in [-0.39, 0.29) is 5.97 Å². The summed E-state index contributed by atoms with van der Waals surface area (Å²) in [6, 6.07) is 0. The lowest BCUT2D eigenvalue weighted by Gasteiger charge is -2.25. The van der Waals surface area contributed by atoms with Gasteiger partial charge in [-0.1, -0.05) is 96.8 Å². The van der Waals surface area contributed by atoms with Gasteiger partial charge in [-0.2, -0.15) is 0 Å². The zero-order valence-corrected chi connectivity index (χ0v) is 17.4. The number of nitrogens with one attached hydrogen (secondary N) is 1. The summed E-state index contributed by atoms with van der Waals surface area (Å²) < 4.78 is 5.37. The van der Waals surface area contributed by atoms with E-state index in [2.05, 4.69) is 17.2 Å². The quantitative estimate of drug-likeness (QED) is 0.248. The average molecular weight is 367 g/mol. The Morgan fingerprint density at radius 1 is 0.885 bits per heavy atom. The second-order valence-corrected chi connectivity index (χ2v) is 7.77. The molecular formula is C22H42N2O2. The zero-order chi connectivity index (χ0) is 18.9. The molecule has 1 unspecified atom stereocenters. The van der Waals surface area contributed by atoms with Crippen molar-refractivity contribution in [2.75, 3.05) is 6.54 Å². The van der Waals surface area contributed by atoms with E-state index in [0.29, 0.717) is 6.54 Å². The molecule has 0 bridgehead atoms. The molecule has 0 fully saturated rings. The molecule has 0 aromatic carbocycles.